The number of fused-ring (bicyclic) bond motifs is 9. The van der Waals surface area contributed by atoms with Crippen molar-refractivity contribution < 1.29 is 24.1 Å². The molecule has 7 heteroatoms. The summed E-state index contributed by atoms with van der Waals surface area (Å²) in [5, 5.41) is 0. The van der Waals surface area contributed by atoms with Gasteiger partial charge in [-0.2, -0.15) is 0 Å². The van der Waals surface area contributed by atoms with Gasteiger partial charge in [-0.05, 0) is 52.3 Å². The first kappa shape index (κ1) is 54.8. The Morgan fingerprint density at radius 2 is 0.930 bits per heavy atom. The van der Waals surface area contributed by atoms with Crippen molar-refractivity contribution in [1.29, 1.82) is 0 Å². The van der Waals surface area contributed by atoms with E-state index in [1.165, 1.54) is 22.3 Å². The number of anilines is 6. The number of rotatable bonds is 8. The molecule has 6 nitrogen and oxygen atoms in total. The van der Waals surface area contributed by atoms with Gasteiger partial charge < -0.3 is 4.90 Å². The molecule has 0 bridgehead atoms. The molecule has 4 heterocycles. The third-order valence-electron chi connectivity index (χ3n) is 17.3. The maximum atomic E-state index is 7.33. The van der Waals surface area contributed by atoms with Gasteiger partial charge in [0, 0.05) is 23.3 Å². The van der Waals surface area contributed by atoms with Gasteiger partial charge in [0.05, 0.1) is 0 Å². The summed E-state index contributed by atoms with van der Waals surface area (Å²) in [5.74, 6) is 1.96. The zero-order valence-corrected chi connectivity index (χ0v) is 52.3. The molecule has 0 amide bonds. The van der Waals surface area contributed by atoms with Crippen LogP contribution in [0.25, 0.3) is 44.7 Å². The fourth-order valence-corrected chi connectivity index (χ4v) is 14.1. The number of pyridine rings is 1. The van der Waals surface area contributed by atoms with Crippen molar-refractivity contribution >= 4 is 45.3 Å². The molecular formula is C79H67N5OPt-2. The number of imidazole rings is 1. The van der Waals surface area contributed by atoms with Crippen LogP contribution in [0.2, 0.25) is 0 Å². The third-order valence-corrected chi connectivity index (χ3v) is 18.3. The SMILES string of the molecule is CC(C)(C)c1cc(Oc2[c-]c3c(cc2)C2(c4ccccc4N3c3cc(C(C)(C)C)ccn3)c3ccccc3N(c3cccc(C(C)(C)C)c3)c3ccccc32)[c-]c(-n2[c](=[Pt])n(-c3c(-c4ccccc4)cccc3-c3ccccc3)c3ccccc32)c1. The summed E-state index contributed by atoms with van der Waals surface area (Å²) in [6.07, 6.45) is 1.95. The first-order valence-electron chi connectivity index (χ1n) is 29.7. The van der Waals surface area contributed by atoms with E-state index < -0.39 is 5.41 Å². The molecule has 0 radical (unpaired) electrons. The number of nitrogens with zero attached hydrogens (tertiary/aromatic N) is 5. The van der Waals surface area contributed by atoms with Crippen LogP contribution in [0.3, 0.4) is 0 Å². The first-order valence-corrected chi connectivity index (χ1v) is 30.8. The Morgan fingerprint density at radius 1 is 0.419 bits per heavy atom. The van der Waals surface area contributed by atoms with Crippen LogP contribution in [0.15, 0.2) is 243 Å². The van der Waals surface area contributed by atoms with Gasteiger partial charge >= 0.3 is 331 Å². The Morgan fingerprint density at radius 3 is 1.51 bits per heavy atom. The summed E-state index contributed by atoms with van der Waals surface area (Å²) >= 11 is 2.53. The van der Waals surface area contributed by atoms with E-state index in [1.807, 2.05) is 6.20 Å². The molecular weight excluding hydrogens is 1230 g/mol. The number of ether oxygens (including phenoxy) is 1. The van der Waals surface area contributed by atoms with E-state index in [0.717, 1.165) is 99.4 Å². The predicted octanol–water partition coefficient (Wildman–Crippen LogP) is 20.5. The van der Waals surface area contributed by atoms with E-state index in [9.17, 15) is 0 Å². The Hall–Kier alpha value is -9.09. The molecule has 14 rings (SSSR count). The van der Waals surface area contributed by atoms with Gasteiger partial charge in [-0.25, -0.2) is 0 Å². The van der Waals surface area contributed by atoms with Crippen LogP contribution in [0.5, 0.6) is 11.5 Å². The Bertz CT molecular complexity index is 4540. The molecule has 2 aromatic heterocycles. The van der Waals surface area contributed by atoms with Crippen molar-refractivity contribution in [3.63, 3.8) is 0 Å². The topological polar surface area (TPSA) is 38.5 Å². The van der Waals surface area contributed by atoms with E-state index in [2.05, 4.69) is 349 Å². The molecule has 0 atom stereocenters. The molecule has 426 valence electrons. The van der Waals surface area contributed by atoms with E-state index >= 15 is 0 Å². The van der Waals surface area contributed by atoms with Gasteiger partial charge in [0.1, 0.15) is 0 Å². The molecule has 0 saturated heterocycles. The van der Waals surface area contributed by atoms with Crippen LogP contribution >= 0.6 is 0 Å². The van der Waals surface area contributed by atoms with Gasteiger partial charge in [0.25, 0.3) is 0 Å². The molecule has 0 unspecified atom stereocenters. The minimum atomic E-state index is -0.795. The van der Waals surface area contributed by atoms with Gasteiger partial charge in [0.2, 0.25) is 0 Å². The molecule has 1 spiro atoms. The van der Waals surface area contributed by atoms with Crippen LogP contribution in [0, 0.1) is 15.9 Å². The second-order valence-corrected chi connectivity index (χ2v) is 26.8. The molecule has 2 aliphatic heterocycles. The number of benzene rings is 10. The van der Waals surface area contributed by atoms with Gasteiger partial charge in [-0.15, -0.1) is 0 Å². The zero-order chi connectivity index (χ0) is 59.3. The van der Waals surface area contributed by atoms with Crippen molar-refractivity contribution in [2.24, 2.45) is 0 Å². The van der Waals surface area contributed by atoms with Crippen LogP contribution in [-0.2, 0) is 41.0 Å². The fraction of sp³-hybridized carbons (Fsp3) is 0.165. The standard InChI is InChI=1S/C79H67N5O.Pt/c1-76(2,3)55-30-24-31-58(46-55)83-68-37-19-16-34-64(68)79(65-35-17-20-38-69(65)83)66-36-18-21-39-70(66)84(74-49-56(44-45-80-74)77(4,5)6)73-51-60(42-43-67(73)79)85-61-48-57(78(7,8)9)47-59(50-61)81-52-82(72-41-23-22-40-71(72)81)75-62(53-26-12-10-13-27-53)32-25-33-63(75)54-28-14-11-15-29-54;/h10-49H,1-9H3;/q-2;. The normalized spacial score (nSPS) is 13.5. The Labute approximate surface area is 516 Å². The van der Waals surface area contributed by atoms with Crippen LogP contribution in [-0.4, -0.2) is 14.1 Å². The average Bonchev–Trinajstić information content (AvgIpc) is 0.804. The monoisotopic (exact) mass is 1300 g/mol. The van der Waals surface area contributed by atoms with E-state index in [1.54, 1.807) is 0 Å². The number of aromatic nitrogens is 3. The minimum absolute atomic E-state index is 0.0429. The summed E-state index contributed by atoms with van der Waals surface area (Å²) < 4.78 is 13.1. The Balaban J connectivity index is 0.982. The van der Waals surface area contributed by atoms with Crippen molar-refractivity contribution in [1.82, 2.24) is 14.1 Å². The molecule has 12 aromatic rings. The van der Waals surface area contributed by atoms with Crippen LogP contribution < -0.4 is 14.5 Å². The third kappa shape index (κ3) is 9.11. The summed E-state index contributed by atoms with van der Waals surface area (Å²) in [4.78, 5) is 10.00. The summed E-state index contributed by atoms with van der Waals surface area (Å²) in [6.45, 7) is 20.4. The molecule has 0 aliphatic carbocycles. The molecule has 0 N–H and O–H groups in total. The fourth-order valence-electron chi connectivity index (χ4n) is 13.0. The van der Waals surface area contributed by atoms with Crippen LogP contribution in [0.4, 0.5) is 34.3 Å². The van der Waals surface area contributed by atoms with Crippen molar-refractivity contribution in [3.8, 4) is 45.1 Å². The van der Waals surface area contributed by atoms with Gasteiger partial charge in [0.15, 0.2) is 0 Å². The van der Waals surface area contributed by atoms with E-state index in [4.69, 9.17) is 9.72 Å². The van der Waals surface area contributed by atoms with Crippen molar-refractivity contribution in [2.75, 3.05) is 9.80 Å². The van der Waals surface area contributed by atoms with Crippen molar-refractivity contribution in [3.05, 3.63) is 298 Å². The second kappa shape index (κ2) is 20.9. The summed E-state index contributed by atoms with van der Waals surface area (Å²) in [5.41, 5.74) is 20.8. The molecule has 2 aliphatic rings. The molecule has 0 fully saturated rings. The molecule has 0 saturated carbocycles. The number of para-hydroxylation sites is 6. The predicted molar refractivity (Wildman–Crippen MR) is 350 cm³/mol. The summed E-state index contributed by atoms with van der Waals surface area (Å²) in [6, 6.07) is 93.8. The Kier molecular flexibility index (Phi) is 13.3. The number of hydrogen-bond donors (Lipinski definition) is 0. The second-order valence-electron chi connectivity index (χ2n) is 25.8. The van der Waals surface area contributed by atoms with Gasteiger partial charge in [-0.3, -0.25) is 0 Å². The zero-order valence-electron chi connectivity index (χ0n) is 50.1. The summed E-state index contributed by atoms with van der Waals surface area (Å²) in [7, 11) is 0. The number of hydrogen-bond acceptors (Lipinski definition) is 4. The molecule has 86 heavy (non-hydrogen) atoms. The molecule has 10 aromatic carbocycles. The quantitative estimate of drug-likeness (QED) is 0.142. The first-order chi connectivity index (χ1) is 41.5. The van der Waals surface area contributed by atoms with Gasteiger partial charge in [-0.1, -0.05) is 108 Å². The van der Waals surface area contributed by atoms with E-state index in [-0.39, 0.29) is 16.2 Å². The van der Waals surface area contributed by atoms with E-state index in [0.29, 0.717) is 11.5 Å². The maximum absolute atomic E-state index is 7.33. The van der Waals surface area contributed by atoms with Crippen LogP contribution in [0.1, 0.15) is 101 Å². The van der Waals surface area contributed by atoms with Crippen molar-refractivity contribution in [2.45, 2.75) is 84.0 Å². The average molecular weight is 1300 g/mol.